The topological polar surface area (TPSA) is 37.8 Å². The summed E-state index contributed by atoms with van der Waals surface area (Å²) in [5.41, 5.74) is 1.30. The smallest absolute Gasteiger partial charge is 0.138 e. The van der Waals surface area contributed by atoms with E-state index in [2.05, 4.69) is 35.2 Å². The Kier molecular flexibility index (Phi) is 2.97. The van der Waals surface area contributed by atoms with E-state index >= 15 is 0 Å². The van der Waals surface area contributed by atoms with Crippen molar-refractivity contribution < 1.29 is 0 Å². The molecule has 0 saturated carbocycles. The summed E-state index contributed by atoms with van der Waals surface area (Å²) in [7, 11) is 0. The number of hydrogen-bond donors (Lipinski definition) is 1. The number of rotatable bonds is 3. The van der Waals surface area contributed by atoms with Crippen LogP contribution in [0, 0.1) is 0 Å². The number of nitrogens with one attached hydrogen (secondary N) is 1. The van der Waals surface area contributed by atoms with Crippen molar-refractivity contribution in [3.8, 4) is 0 Å². The zero-order valence-electron chi connectivity index (χ0n) is 8.82. The highest BCUT2D eigenvalue weighted by Crippen LogP contribution is 2.23. The van der Waals surface area contributed by atoms with Gasteiger partial charge in [0.15, 0.2) is 0 Å². The highest BCUT2D eigenvalue weighted by atomic mass is 32.1. The van der Waals surface area contributed by atoms with Gasteiger partial charge >= 0.3 is 0 Å². The minimum atomic E-state index is 0.810. The molecule has 0 amide bonds. The van der Waals surface area contributed by atoms with Crippen molar-refractivity contribution in [3.05, 3.63) is 29.4 Å². The SMILES string of the molecule is CC(C)=CCNc1ncnc2sccc12. The van der Waals surface area contributed by atoms with E-state index in [-0.39, 0.29) is 0 Å². The molecule has 2 rings (SSSR count). The molecule has 0 bridgehead atoms. The maximum absolute atomic E-state index is 4.23. The summed E-state index contributed by atoms with van der Waals surface area (Å²) in [4.78, 5) is 9.46. The van der Waals surface area contributed by atoms with E-state index in [9.17, 15) is 0 Å². The van der Waals surface area contributed by atoms with Crippen molar-refractivity contribution in [2.24, 2.45) is 0 Å². The summed E-state index contributed by atoms with van der Waals surface area (Å²) in [5, 5.41) is 6.42. The van der Waals surface area contributed by atoms with Gasteiger partial charge in [0.05, 0.1) is 5.39 Å². The van der Waals surface area contributed by atoms with E-state index in [1.807, 2.05) is 11.4 Å². The number of nitrogens with zero attached hydrogens (tertiary/aromatic N) is 2. The van der Waals surface area contributed by atoms with E-state index in [0.29, 0.717) is 0 Å². The van der Waals surface area contributed by atoms with Crippen molar-refractivity contribution in [1.82, 2.24) is 9.97 Å². The second kappa shape index (κ2) is 4.40. The van der Waals surface area contributed by atoms with E-state index in [4.69, 9.17) is 0 Å². The van der Waals surface area contributed by atoms with Gasteiger partial charge in [-0.2, -0.15) is 0 Å². The molecular formula is C11H13N3S. The molecule has 0 aliphatic heterocycles. The summed E-state index contributed by atoms with van der Waals surface area (Å²) < 4.78 is 0. The summed E-state index contributed by atoms with van der Waals surface area (Å²) in [6, 6.07) is 2.05. The first-order valence-electron chi connectivity index (χ1n) is 4.83. The molecule has 1 N–H and O–H groups in total. The fourth-order valence-corrected chi connectivity index (χ4v) is 2.02. The quantitative estimate of drug-likeness (QED) is 0.806. The van der Waals surface area contributed by atoms with E-state index in [1.54, 1.807) is 17.7 Å². The first-order chi connectivity index (χ1) is 7.27. The van der Waals surface area contributed by atoms with Gasteiger partial charge in [-0.3, -0.25) is 0 Å². The predicted molar refractivity (Wildman–Crippen MR) is 65.3 cm³/mol. The van der Waals surface area contributed by atoms with Crippen molar-refractivity contribution in [1.29, 1.82) is 0 Å². The molecule has 0 atom stereocenters. The number of aromatic nitrogens is 2. The first-order valence-corrected chi connectivity index (χ1v) is 5.71. The maximum Gasteiger partial charge on any atom is 0.138 e. The van der Waals surface area contributed by atoms with Gasteiger partial charge in [-0.15, -0.1) is 11.3 Å². The van der Waals surface area contributed by atoms with Gasteiger partial charge in [0.2, 0.25) is 0 Å². The van der Waals surface area contributed by atoms with E-state index < -0.39 is 0 Å². The Morgan fingerprint density at radius 1 is 1.47 bits per heavy atom. The Morgan fingerprint density at radius 2 is 2.33 bits per heavy atom. The lowest BCUT2D eigenvalue weighted by Crippen LogP contribution is -2.01. The lowest BCUT2D eigenvalue weighted by molar-refractivity contribution is 1.18. The minimum absolute atomic E-state index is 0.810. The van der Waals surface area contributed by atoms with Gasteiger partial charge < -0.3 is 5.32 Å². The van der Waals surface area contributed by atoms with Crippen LogP contribution in [0.2, 0.25) is 0 Å². The Balaban J connectivity index is 2.20. The van der Waals surface area contributed by atoms with Crippen LogP contribution in [0.15, 0.2) is 29.4 Å². The highest BCUT2D eigenvalue weighted by molar-refractivity contribution is 7.16. The molecule has 3 nitrogen and oxygen atoms in total. The summed E-state index contributed by atoms with van der Waals surface area (Å²) >= 11 is 1.63. The Bertz CT molecular complexity index is 483. The van der Waals surface area contributed by atoms with Gasteiger partial charge in [0.1, 0.15) is 17.0 Å². The molecular weight excluding hydrogens is 206 g/mol. The largest absolute Gasteiger partial charge is 0.366 e. The van der Waals surface area contributed by atoms with Crippen LogP contribution < -0.4 is 5.32 Å². The number of anilines is 1. The molecule has 78 valence electrons. The summed E-state index contributed by atoms with van der Waals surface area (Å²) in [5.74, 6) is 0.916. The lowest BCUT2D eigenvalue weighted by Gasteiger charge is -2.03. The zero-order valence-corrected chi connectivity index (χ0v) is 9.64. The van der Waals surface area contributed by atoms with Crippen LogP contribution in [-0.2, 0) is 0 Å². The number of thiophene rings is 1. The molecule has 0 fully saturated rings. The zero-order chi connectivity index (χ0) is 10.7. The highest BCUT2D eigenvalue weighted by Gasteiger charge is 2.02. The van der Waals surface area contributed by atoms with Crippen molar-refractivity contribution in [3.63, 3.8) is 0 Å². The molecule has 2 aromatic heterocycles. The van der Waals surface area contributed by atoms with Crippen LogP contribution >= 0.6 is 11.3 Å². The average molecular weight is 219 g/mol. The third-order valence-electron chi connectivity index (χ3n) is 2.04. The van der Waals surface area contributed by atoms with Crippen LogP contribution in [0.1, 0.15) is 13.8 Å². The van der Waals surface area contributed by atoms with Crippen LogP contribution in [0.3, 0.4) is 0 Å². The predicted octanol–water partition coefficient (Wildman–Crippen LogP) is 3.07. The molecule has 0 spiro atoms. The van der Waals surface area contributed by atoms with Gasteiger partial charge in [-0.25, -0.2) is 9.97 Å². The van der Waals surface area contributed by atoms with Gasteiger partial charge in [0, 0.05) is 6.54 Å². The van der Waals surface area contributed by atoms with Gasteiger partial charge in [0.25, 0.3) is 0 Å². The number of hydrogen-bond acceptors (Lipinski definition) is 4. The molecule has 0 aliphatic carbocycles. The maximum atomic E-state index is 4.23. The third-order valence-corrected chi connectivity index (χ3v) is 2.86. The Hall–Kier alpha value is -1.42. The molecule has 4 heteroatoms. The standard InChI is InChI=1S/C11H13N3S/c1-8(2)3-5-12-10-9-4-6-15-11(9)14-7-13-10/h3-4,6-7H,5H2,1-2H3,(H,12,13,14). The molecule has 0 saturated heterocycles. The molecule has 15 heavy (non-hydrogen) atoms. The monoisotopic (exact) mass is 219 g/mol. The Labute approximate surface area is 92.9 Å². The second-order valence-electron chi connectivity index (χ2n) is 3.52. The van der Waals surface area contributed by atoms with Crippen molar-refractivity contribution >= 4 is 27.4 Å². The van der Waals surface area contributed by atoms with Crippen molar-refractivity contribution in [2.45, 2.75) is 13.8 Å². The Morgan fingerprint density at radius 3 is 3.13 bits per heavy atom. The summed E-state index contributed by atoms with van der Waals surface area (Å²) in [6.45, 7) is 4.98. The van der Waals surface area contributed by atoms with Crippen LogP contribution in [-0.4, -0.2) is 16.5 Å². The molecule has 2 heterocycles. The number of allylic oxidation sites excluding steroid dienone is 1. The molecule has 2 aromatic rings. The fourth-order valence-electron chi connectivity index (χ4n) is 1.28. The molecule has 0 radical (unpaired) electrons. The van der Waals surface area contributed by atoms with Gasteiger partial charge in [-0.1, -0.05) is 11.6 Å². The second-order valence-corrected chi connectivity index (χ2v) is 4.42. The minimum Gasteiger partial charge on any atom is -0.366 e. The van der Waals surface area contributed by atoms with E-state index in [0.717, 1.165) is 22.6 Å². The molecule has 0 aromatic carbocycles. The van der Waals surface area contributed by atoms with E-state index in [1.165, 1.54) is 5.57 Å². The van der Waals surface area contributed by atoms with Gasteiger partial charge in [-0.05, 0) is 25.3 Å². The van der Waals surface area contributed by atoms with Crippen LogP contribution in [0.5, 0.6) is 0 Å². The molecule has 0 unspecified atom stereocenters. The van der Waals surface area contributed by atoms with Crippen LogP contribution in [0.4, 0.5) is 5.82 Å². The fraction of sp³-hybridized carbons (Fsp3) is 0.273. The average Bonchev–Trinajstić information content (AvgIpc) is 2.65. The summed E-state index contributed by atoms with van der Waals surface area (Å²) in [6.07, 6.45) is 3.74. The third kappa shape index (κ3) is 2.33. The van der Waals surface area contributed by atoms with Crippen molar-refractivity contribution in [2.75, 3.05) is 11.9 Å². The lowest BCUT2D eigenvalue weighted by atomic mass is 10.3. The normalized spacial score (nSPS) is 10.3. The van der Waals surface area contributed by atoms with Crippen LogP contribution in [0.25, 0.3) is 10.2 Å². The number of fused-ring (bicyclic) bond motifs is 1. The first kappa shape index (κ1) is 10.1. The molecule has 0 aliphatic rings.